The molecule has 5 rings (SSSR count). The Morgan fingerprint density at radius 1 is 1.14 bits per heavy atom. The number of hydrogen-bond acceptors (Lipinski definition) is 5. The van der Waals surface area contributed by atoms with Gasteiger partial charge in [0.1, 0.15) is 11.4 Å². The van der Waals surface area contributed by atoms with Crippen molar-refractivity contribution in [2.24, 2.45) is 28.5 Å². The number of benzene rings is 1. The molecular formula is C27H39N5O4S. The van der Waals surface area contributed by atoms with Crippen molar-refractivity contribution in [2.45, 2.75) is 70.8 Å². The zero-order valence-electron chi connectivity index (χ0n) is 22.1. The van der Waals surface area contributed by atoms with Crippen LogP contribution in [0.25, 0.3) is 0 Å². The van der Waals surface area contributed by atoms with Crippen molar-refractivity contribution in [1.29, 1.82) is 0 Å². The largest absolute Gasteiger partial charge is 0.351 e. The number of hydrogen-bond donors (Lipinski definition) is 2. The molecule has 37 heavy (non-hydrogen) atoms. The van der Waals surface area contributed by atoms with Gasteiger partial charge in [-0.1, -0.05) is 12.8 Å². The number of nitrogens with zero attached hydrogens (tertiary/aromatic N) is 3. The molecule has 2 aliphatic heterocycles. The molecule has 1 spiro atoms. The maximum Gasteiger partial charge on any atom is 0.318 e. The van der Waals surface area contributed by atoms with E-state index in [1.165, 1.54) is 28.5 Å². The lowest BCUT2D eigenvalue weighted by Gasteiger charge is -2.35. The number of primary amides is 1. The van der Waals surface area contributed by atoms with Crippen molar-refractivity contribution in [3.63, 3.8) is 0 Å². The van der Waals surface area contributed by atoms with Gasteiger partial charge in [-0.15, -0.1) is 0 Å². The average molecular weight is 530 g/mol. The van der Waals surface area contributed by atoms with Gasteiger partial charge in [-0.2, -0.15) is 0 Å². The van der Waals surface area contributed by atoms with Gasteiger partial charge in [-0.25, -0.2) is 17.5 Å². The fraction of sp³-hybridized carbons (Fsp3) is 0.667. The molecule has 0 aromatic heterocycles. The Morgan fingerprint density at radius 3 is 2.30 bits per heavy atom. The van der Waals surface area contributed by atoms with E-state index in [1.807, 2.05) is 26.0 Å². The minimum Gasteiger partial charge on any atom is -0.351 e. The predicted octanol–water partition coefficient (Wildman–Crippen LogP) is 2.88. The Labute approximate surface area is 219 Å². The van der Waals surface area contributed by atoms with Crippen LogP contribution in [-0.4, -0.2) is 61.9 Å². The van der Waals surface area contributed by atoms with E-state index >= 15 is 0 Å². The molecule has 2 atom stereocenters. The van der Waals surface area contributed by atoms with Gasteiger partial charge < -0.3 is 11.1 Å². The maximum absolute atomic E-state index is 13.2. The minimum atomic E-state index is -3.49. The third-order valence-corrected chi connectivity index (χ3v) is 11.1. The van der Waals surface area contributed by atoms with Gasteiger partial charge in [-0.05, 0) is 93.0 Å². The molecule has 0 radical (unpaired) electrons. The third-order valence-electron chi connectivity index (χ3n) is 9.22. The Balaban J connectivity index is 1.22. The molecule has 3 amide bonds. The lowest BCUT2D eigenvalue weighted by atomic mass is 9.80. The van der Waals surface area contributed by atoms with Crippen molar-refractivity contribution in [3.8, 4) is 0 Å². The summed E-state index contributed by atoms with van der Waals surface area (Å²) in [7, 11) is -1.88. The predicted molar refractivity (Wildman–Crippen MR) is 144 cm³/mol. The van der Waals surface area contributed by atoms with Crippen molar-refractivity contribution < 1.29 is 18.0 Å². The van der Waals surface area contributed by atoms with E-state index in [4.69, 9.17) is 10.7 Å². The van der Waals surface area contributed by atoms with Crippen molar-refractivity contribution in [1.82, 2.24) is 9.62 Å². The van der Waals surface area contributed by atoms with E-state index in [1.54, 1.807) is 7.05 Å². The van der Waals surface area contributed by atoms with Gasteiger partial charge in [0, 0.05) is 31.7 Å². The number of amides is 3. The second-order valence-corrected chi connectivity index (χ2v) is 13.7. The van der Waals surface area contributed by atoms with E-state index < -0.39 is 21.6 Å². The van der Waals surface area contributed by atoms with Gasteiger partial charge in [0.25, 0.3) is 5.91 Å². The maximum atomic E-state index is 13.2. The van der Waals surface area contributed by atoms with Crippen LogP contribution in [0, 0.1) is 31.6 Å². The van der Waals surface area contributed by atoms with Gasteiger partial charge in [0.05, 0.1) is 5.75 Å². The van der Waals surface area contributed by atoms with Crippen molar-refractivity contribution in [3.05, 3.63) is 28.8 Å². The number of carbonyl (C=O) groups is 2. The molecule has 10 heteroatoms. The summed E-state index contributed by atoms with van der Waals surface area (Å²) in [6.45, 7) is 4.46. The van der Waals surface area contributed by atoms with Crippen molar-refractivity contribution >= 4 is 33.5 Å². The molecule has 3 fully saturated rings. The Morgan fingerprint density at radius 2 is 1.73 bits per heavy atom. The molecule has 2 unspecified atom stereocenters. The monoisotopic (exact) mass is 529 g/mol. The summed E-state index contributed by atoms with van der Waals surface area (Å²) in [5.74, 6) is 2.67. The number of nitrogens with one attached hydrogen (secondary N) is 1. The molecule has 2 bridgehead atoms. The topological polar surface area (TPSA) is 125 Å². The number of aliphatic imine (C=N–C) groups is 1. The van der Waals surface area contributed by atoms with Gasteiger partial charge in [-0.3, -0.25) is 14.7 Å². The molecule has 2 heterocycles. The van der Waals surface area contributed by atoms with E-state index in [2.05, 4.69) is 5.32 Å². The third kappa shape index (κ3) is 5.02. The lowest BCUT2D eigenvalue weighted by molar-refractivity contribution is -0.125. The molecule has 202 valence electrons. The number of piperidine rings is 1. The number of nitrogens with two attached hydrogens (primary N) is 1. The minimum absolute atomic E-state index is 0.00174. The van der Waals surface area contributed by atoms with E-state index in [9.17, 15) is 18.0 Å². The Bertz CT molecular complexity index is 1200. The molecular weight excluding hydrogens is 490 g/mol. The van der Waals surface area contributed by atoms with Crippen LogP contribution in [-0.2, 0) is 21.2 Å². The first kappa shape index (κ1) is 26.2. The molecule has 3 N–H and O–H groups in total. The van der Waals surface area contributed by atoms with Crippen LogP contribution in [0.4, 0.5) is 10.5 Å². The highest BCUT2D eigenvalue weighted by atomic mass is 32.2. The second-order valence-electron chi connectivity index (χ2n) is 11.6. The fourth-order valence-corrected chi connectivity index (χ4v) is 8.44. The summed E-state index contributed by atoms with van der Waals surface area (Å²) in [4.78, 5) is 30.8. The summed E-state index contributed by atoms with van der Waals surface area (Å²) >= 11 is 0. The second kappa shape index (κ2) is 9.69. The van der Waals surface area contributed by atoms with Gasteiger partial charge >= 0.3 is 6.03 Å². The summed E-state index contributed by atoms with van der Waals surface area (Å²) < 4.78 is 28.0. The normalized spacial score (nSPS) is 27.3. The number of carbonyl (C=O) groups excluding carboxylic acids is 2. The van der Waals surface area contributed by atoms with Crippen LogP contribution >= 0.6 is 0 Å². The average Bonchev–Trinajstić information content (AvgIpc) is 3.35. The standard InChI is InChI=1S/C27H39N5O4S/c1-17-12-22(31(3)26(28)34)13-18(2)23(17)6-11-37(35,36)32-9-7-27(8-10-32)25(33)29-24(30-27)21-15-19-4-5-20(14-19)16-21/h12-13,19-21H,4-11,14-16H2,1-3H3,(H2,28,34)(H,29,30,33). The molecule has 2 saturated carbocycles. The number of anilines is 1. The summed E-state index contributed by atoms with van der Waals surface area (Å²) in [6.07, 6.45) is 7.39. The first-order valence-electron chi connectivity index (χ1n) is 13.5. The molecule has 1 aromatic carbocycles. The molecule has 1 aromatic rings. The van der Waals surface area contributed by atoms with Crippen LogP contribution in [0.5, 0.6) is 0 Å². The number of amidine groups is 1. The Kier molecular flexibility index (Phi) is 6.85. The van der Waals surface area contributed by atoms with Gasteiger partial charge in [0.2, 0.25) is 10.0 Å². The first-order valence-corrected chi connectivity index (χ1v) is 15.1. The first-order chi connectivity index (χ1) is 17.5. The highest BCUT2D eigenvalue weighted by Crippen LogP contribution is 2.46. The fourth-order valence-electron chi connectivity index (χ4n) is 6.99. The highest BCUT2D eigenvalue weighted by Gasteiger charge is 2.49. The number of rotatable bonds is 6. The summed E-state index contributed by atoms with van der Waals surface area (Å²) in [5, 5.41) is 3.10. The van der Waals surface area contributed by atoms with Crippen LogP contribution in [0.15, 0.2) is 17.1 Å². The molecule has 2 aliphatic carbocycles. The number of sulfonamides is 1. The number of urea groups is 1. The van der Waals surface area contributed by atoms with Crippen LogP contribution in [0.1, 0.15) is 61.6 Å². The number of aryl methyl sites for hydroxylation is 2. The van der Waals surface area contributed by atoms with E-state index in [0.717, 1.165) is 47.2 Å². The molecule has 4 aliphatic rings. The van der Waals surface area contributed by atoms with E-state index in [-0.39, 0.29) is 11.7 Å². The molecule has 1 saturated heterocycles. The van der Waals surface area contributed by atoms with Crippen LogP contribution in [0.2, 0.25) is 0 Å². The van der Waals surface area contributed by atoms with E-state index in [0.29, 0.717) is 44.0 Å². The SMILES string of the molecule is Cc1cc(N(C)C(N)=O)cc(C)c1CCS(=O)(=O)N1CCC2(CC1)N=C(C1CC3CCC(C3)C1)NC2=O. The zero-order chi connectivity index (χ0) is 26.5. The van der Waals surface area contributed by atoms with Crippen LogP contribution in [0.3, 0.4) is 0 Å². The quantitative estimate of drug-likeness (QED) is 0.588. The molecule has 9 nitrogen and oxygen atoms in total. The Hall–Kier alpha value is -2.46. The highest BCUT2D eigenvalue weighted by molar-refractivity contribution is 7.89. The van der Waals surface area contributed by atoms with Crippen molar-refractivity contribution in [2.75, 3.05) is 30.8 Å². The zero-order valence-corrected chi connectivity index (χ0v) is 22.9. The lowest BCUT2D eigenvalue weighted by Crippen LogP contribution is -2.51. The number of fused-ring (bicyclic) bond motifs is 2. The van der Waals surface area contributed by atoms with Crippen LogP contribution < -0.4 is 16.0 Å². The van der Waals surface area contributed by atoms with Gasteiger partial charge in [0.15, 0.2) is 0 Å². The smallest absolute Gasteiger partial charge is 0.318 e. The summed E-state index contributed by atoms with van der Waals surface area (Å²) in [6, 6.07) is 3.17. The summed E-state index contributed by atoms with van der Waals surface area (Å²) in [5.41, 5.74) is 8.08.